The summed E-state index contributed by atoms with van der Waals surface area (Å²) in [5, 5.41) is 0. The molecule has 0 aromatic carbocycles. The van der Waals surface area contributed by atoms with E-state index < -0.39 is 0 Å². The maximum atomic E-state index is 11.8. The summed E-state index contributed by atoms with van der Waals surface area (Å²) < 4.78 is 10.6. The van der Waals surface area contributed by atoms with Crippen molar-refractivity contribution >= 4 is 5.78 Å². The number of ether oxygens (including phenoxy) is 1. The van der Waals surface area contributed by atoms with Gasteiger partial charge in [-0.25, -0.2) is 0 Å². The summed E-state index contributed by atoms with van der Waals surface area (Å²) in [7, 11) is 0. The molecule has 1 aliphatic heterocycles. The molecule has 3 nitrogen and oxygen atoms in total. The van der Waals surface area contributed by atoms with E-state index in [0.29, 0.717) is 18.1 Å². The van der Waals surface area contributed by atoms with Crippen molar-refractivity contribution in [2.75, 3.05) is 13.2 Å². The van der Waals surface area contributed by atoms with Crippen LogP contribution in [0.1, 0.15) is 35.6 Å². The van der Waals surface area contributed by atoms with Gasteiger partial charge in [0.05, 0.1) is 0 Å². The Bertz CT molecular complexity index is 334. The lowest BCUT2D eigenvalue weighted by Crippen LogP contribution is -2.18. The Morgan fingerprint density at radius 2 is 2.13 bits per heavy atom. The summed E-state index contributed by atoms with van der Waals surface area (Å²) in [5.74, 6) is 1.89. The highest BCUT2D eigenvalue weighted by molar-refractivity contribution is 5.93. The first-order valence-corrected chi connectivity index (χ1v) is 5.43. The fourth-order valence-electron chi connectivity index (χ4n) is 1.90. The minimum Gasteiger partial charge on any atom is -0.458 e. The lowest BCUT2D eigenvalue weighted by Gasteiger charge is -2.20. The molecule has 0 spiro atoms. The molecule has 1 aliphatic rings. The lowest BCUT2D eigenvalue weighted by molar-refractivity contribution is 0.0592. The Balaban J connectivity index is 1.91. The van der Waals surface area contributed by atoms with Gasteiger partial charge in [0, 0.05) is 19.6 Å². The van der Waals surface area contributed by atoms with E-state index in [1.807, 2.05) is 13.0 Å². The third-order valence-corrected chi connectivity index (χ3v) is 2.83. The standard InChI is InChI=1S/C12H16O3/c1-9-2-3-12(15-9)11(13)8-10-4-6-14-7-5-10/h2-3,10H,4-8H2,1H3. The van der Waals surface area contributed by atoms with Gasteiger partial charge in [-0.05, 0) is 37.8 Å². The second-order valence-corrected chi connectivity index (χ2v) is 4.09. The number of aryl methyl sites for hydroxylation is 1. The number of carbonyl (C=O) groups excluding carboxylic acids is 1. The van der Waals surface area contributed by atoms with E-state index in [4.69, 9.17) is 9.15 Å². The van der Waals surface area contributed by atoms with Crippen molar-refractivity contribution in [3.8, 4) is 0 Å². The zero-order valence-electron chi connectivity index (χ0n) is 8.99. The van der Waals surface area contributed by atoms with Gasteiger partial charge in [-0.15, -0.1) is 0 Å². The third kappa shape index (κ3) is 2.69. The molecule has 0 saturated carbocycles. The summed E-state index contributed by atoms with van der Waals surface area (Å²) in [6.45, 7) is 3.43. The maximum Gasteiger partial charge on any atom is 0.198 e. The van der Waals surface area contributed by atoms with E-state index in [-0.39, 0.29) is 5.78 Å². The Labute approximate surface area is 89.4 Å². The van der Waals surface area contributed by atoms with Crippen LogP contribution in [0.2, 0.25) is 0 Å². The van der Waals surface area contributed by atoms with E-state index in [2.05, 4.69) is 0 Å². The van der Waals surface area contributed by atoms with Gasteiger partial charge in [-0.3, -0.25) is 4.79 Å². The molecule has 3 heteroatoms. The zero-order valence-corrected chi connectivity index (χ0v) is 8.99. The molecule has 0 atom stereocenters. The van der Waals surface area contributed by atoms with Crippen LogP contribution in [0, 0.1) is 12.8 Å². The van der Waals surface area contributed by atoms with Crippen molar-refractivity contribution in [3.05, 3.63) is 23.7 Å². The summed E-state index contributed by atoms with van der Waals surface area (Å²) in [4.78, 5) is 11.8. The first kappa shape index (κ1) is 10.4. The minimum atomic E-state index is 0.120. The molecule has 0 unspecified atom stereocenters. The van der Waals surface area contributed by atoms with Gasteiger partial charge in [0.2, 0.25) is 0 Å². The monoisotopic (exact) mass is 208 g/mol. The average Bonchev–Trinajstić information content (AvgIpc) is 2.66. The fourth-order valence-corrected chi connectivity index (χ4v) is 1.90. The van der Waals surface area contributed by atoms with Gasteiger partial charge < -0.3 is 9.15 Å². The highest BCUT2D eigenvalue weighted by Gasteiger charge is 2.19. The first-order valence-electron chi connectivity index (χ1n) is 5.43. The Morgan fingerprint density at radius 3 is 2.73 bits per heavy atom. The van der Waals surface area contributed by atoms with Crippen LogP contribution in [0.3, 0.4) is 0 Å². The molecule has 2 rings (SSSR count). The highest BCUT2D eigenvalue weighted by atomic mass is 16.5. The number of Topliss-reactive ketones (excluding diaryl/α,β-unsaturated/α-hetero) is 1. The van der Waals surface area contributed by atoms with Crippen molar-refractivity contribution in [2.24, 2.45) is 5.92 Å². The SMILES string of the molecule is Cc1ccc(C(=O)CC2CCOCC2)o1. The van der Waals surface area contributed by atoms with Crippen LogP contribution in [0.25, 0.3) is 0 Å². The predicted octanol–water partition coefficient (Wildman–Crippen LogP) is 2.59. The van der Waals surface area contributed by atoms with Gasteiger partial charge in [-0.1, -0.05) is 0 Å². The van der Waals surface area contributed by atoms with Crippen LogP contribution in [-0.2, 0) is 4.74 Å². The Kier molecular flexibility index (Phi) is 3.21. The molecule has 0 aliphatic carbocycles. The largest absolute Gasteiger partial charge is 0.458 e. The number of hydrogen-bond acceptors (Lipinski definition) is 3. The van der Waals surface area contributed by atoms with E-state index in [0.717, 1.165) is 31.8 Å². The molecule has 0 bridgehead atoms. The zero-order chi connectivity index (χ0) is 10.7. The maximum absolute atomic E-state index is 11.8. The summed E-state index contributed by atoms with van der Waals surface area (Å²) in [5.41, 5.74) is 0. The first-order chi connectivity index (χ1) is 7.25. The van der Waals surface area contributed by atoms with Gasteiger partial charge >= 0.3 is 0 Å². The average molecular weight is 208 g/mol. The fraction of sp³-hybridized carbons (Fsp3) is 0.583. The van der Waals surface area contributed by atoms with E-state index in [1.165, 1.54) is 0 Å². The number of ketones is 1. The lowest BCUT2D eigenvalue weighted by atomic mass is 9.94. The van der Waals surface area contributed by atoms with Crippen LogP contribution < -0.4 is 0 Å². The number of hydrogen-bond donors (Lipinski definition) is 0. The molecule has 1 aromatic heterocycles. The number of rotatable bonds is 3. The molecule has 82 valence electrons. The van der Waals surface area contributed by atoms with Crippen molar-refractivity contribution in [2.45, 2.75) is 26.2 Å². The molecular weight excluding hydrogens is 192 g/mol. The number of furan rings is 1. The molecular formula is C12H16O3. The summed E-state index contributed by atoms with van der Waals surface area (Å²) in [6.07, 6.45) is 2.58. The van der Waals surface area contributed by atoms with Crippen LogP contribution in [0.5, 0.6) is 0 Å². The number of carbonyl (C=O) groups is 1. The predicted molar refractivity (Wildman–Crippen MR) is 55.9 cm³/mol. The second-order valence-electron chi connectivity index (χ2n) is 4.09. The molecule has 0 N–H and O–H groups in total. The molecule has 1 saturated heterocycles. The van der Waals surface area contributed by atoms with Crippen molar-refractivity contribution in [1.29, 1.82) is 0 Å². The van der Waals surface area contributed by atoms with Gasteiger partial charge in [-0.2, -0.15) is 0 Å². The quantitative estimate of drug-likeness (QED) is 0.717. The van der Waals surface area contributed by atoms with Crippen molar-refractivity contribution < 1.29 is 13.9 Å². The summed E-state index contributed by atoms with van der Waals surface area (Å²) >= 11 is 0. The molecule has 0 radical (unpaired) electrons. The van der Waals surface area contributed by atoms with Gasteiger partial charge in [0.1, 0.15) is 5.76 Å². The minimum absolute atomic E-state index is 0.120. The Hall–Kier alpha value is -1.09. The van der Waals surface area contributed by atoms with E-state index in [1.54, 1.807) is 6.07 Å². The smallest absolute Gasteiger partial charge is 0.198 e. The second kappa shape index (κ2) is 4.62. The molecule has 15 heavy (non-hydrogen) atoms. The van der Waals surface area contributed by atoms with Crippen LogP contribution in [-0.4, -0.2) is 19.0 Å². The van der Waals surface area contributed by atoms with Gasteiger partial charge in [0.15, 0.2) is 11.5 Å². The van der Waals surface area contributed by atoms with Crippen molar-refractivity contribution in [3.63, 3.8) is 0 Å². The van der Waals surface area contributed by atoms with E-state index >= 15 is 0 Å². The van der Waals surface area contributed by atoms with Crippen molar-refractivity contribution in [1.82, 2.24) is 0 Å². The topological polar surface area (TPSA) is 39.4 Å². The molecule has 2 heterocycles. The molecule has 0 amide bonds. The van der Waals surface area contributed by atoms with Crippen LogP contribution >= 0.6 is 0 Å². The van der Waals surface area contributed by atoms with E-state index in [9.17, 15) is 4.79 Å². The molecule has 1 fully saturated rings. The van der Waals surface area contributed by atoms with Crippen LogP contribution in [0.15, 0.2) is 16.5 Å². The molecule has 1 aromatic rings. The third-order valence-electron chi connectivity index (χ3n) is 2.83. The summed E-state index contributed by atoms with van der Waals surface area (Å²) in [6, 6.07) is 3.59. The van der Waals surface area contributed by atoms with Gasteiger partial charge in [0.25, 0.3) is 0 Å². The highest BCUT2D eigenvalue weighted by Crippen LogP contribution is 2.21. The normalized spacial score (nSPS) is 17.9. The Morgan fingerprint density at radius 1 is 1.40 bits per heavy atom. The van der Waals surface area contributed by atoms with Crippen LogP contribution in [0.4, 0.5) is 0 Å².